The van der Waals surface area contributed by atoms with Crippen LogP contribution in [0, 0.1) is 7.05 Å². The van der Waals surface area contributed by atoms with Crippen LogP contribution in [0.5, 0.6) is 0 Å². The van der Waals surface area contributed by atoms with E-state index in [1.165, 1.54) is 0 Å². The zero-order valence-electron chi connectivity index (χ0n) is 7.21. The Morgan fingerprint density at radius 3 is 2.50 bits per heavy atom. The van der Waals surface area contributed by atoms with Crippen LogP contribution >= 0.6 is 0 Å². The van der Waals surface area contributed by atoms with Gasteiger partial charge in [0.2, 0.25) is 0 Å². The smallest absolute Gasteiger partial charge is 0.306 e. The number of carbonyl (C=O) groups excluding carboxylic acids is 1. The second-order valence-electron chi connectivity index (χ2n) is 3.78. The van der Waals surface area contributed by atoms with Gasteiger partial charge in [-0.2, -0.15) is 0 Å². The van der Waals surface area contributed by atoms with Crippen molar-refractivity contribution in [3.05, 3.63) is 7.05 Å². The summed E-state index contributed by atoms with van der Waals surface area (Å²) in [5, 5.41) is 0. The molecular weight excluding hydrogens is 154 g/mol. The second-order valence-corrected chi connectivity index (χ2v) is 3.78. The maximum Gasteiger partial charge on any atom is 0.306 e. The van der Waals surface area contributed by atoms with Gasteiger partial charge in [-0.25, -0.2) is 0 Å². The molecule has 2 fully saturated rings. The van der Waals surface area contributed by atoms with Crippen LogP contribution in [-0.4, -0.2) is 29.6 Å². The Hall–Kier alpha value is -0.570. The summed E-state index contributed by atoms with van der Waals surface area (Å²) in [6.45, 7) is 1.90. The molecule has 0 unspecified atom stereocenters. The van der Waals surface area contributed by atoms with E-state index < -0.39 is 0 Å². The Bertz CT molecular complexity index is 195. The average molecular weight is 168 g/mol. The molecule has 0 aromatic heterocycles. The Balaban J connectivity index is 1.99. The first-order valence-corrected chi connectivity index (χ1v) is 4.48. The first kappa shape index (κ1) is 8.05. The predicted molar refractivity (Wildman–Crippen MR) is 44.2 cm³/mol. The minimum absolute atomic E-state index is 0.0208. The maximum absolute atomic E-state index is 10.9. The highest BCUT2D eigenvalue weighted by atomic mass is 16.6. The summed E-state index contributed by atoms with van der Waals surface area (Å²) in [7, 11) is 3.86. The number of ether oxygens (including phenoxy) is 1. The maximum atomic E-state index is 10.9. The van der Waals surface area contributed by atoms with Crippen LogP contribution in [-0.2, 0) is 9.53 Å². The van der Waals surface area contributed by atoms with Gasteiger partial charge in [0.25, 0.3) is 0 Å². The first-order valence-electron chi connectivity index (χ1n) is 4.48. The van der Waals surface area contributed by atoms with Crippen molar-refractivity contribution < 1.29 is 9.53 Å². The van der Waals surface area contributed by atoms with E-state index in [9.17, 15) is 4.79 Å². The first-order chi connectivity index (χ1) is 5.70. The van der Waals surface area contributed by atoms with Crippen molar-refractivity contribution in [3.63, 3.8) is 0 Å². The van der Waals surface area contributed by atoms with Gasteiger partial charge in [0.05, 0.1) is 0 Å². The zero-order valence-corrected chi connectivity index (χ0v) is 7.21. The SMILES string of the molecule is [CH2-]N1CCC2(CCC(=O)O2)CC1. The summed E-state index contributed by atoms with van der Waals surface area (Å²) in [5.41, 5.74) is -0.106. The molecule has 2 aliphatic heterocycles. The number of hydrogen-bond donors (Lipinski definition) is 0. The molecule has 12 heavy (non-hydrogen) atoms. The van der Waals surface area contributed by atoms with Crippen molar-refractivity contribution >= 4 is 5.97 Å². The Kier molecular flexibility index (Phi) is 1.83. The van der Waals surface area contributed by atoms with Crippen LogP contribution in [0.4, 0.5) is 0 Å². The molecule has 3 nitrogen and oxygen atoms in total. The van der Waals surface area contributed by atoms with E-state index in [1.807, 2.05) is 4.90 Å². The molecule has 2 rings (SSSR count). The van der Waals surface area contributed by atoms with E-state index in [1.54, 1.807) is 0 Å². The van der Waals surface area contributed by atoms with E-state index in [0.717, 1.165) is 32.4 Å². The van der Waals surface area contributed by atoms with Crippen LogP contribution in [0.15, 0.2) is 0 Å². The fourth-order valence-corrected chi connectivity index (χ4v) is 1.99. The van der Waals surface area contributed by atoms with E-state index >= 15 is 0 Å². The quantitative estimate of drug-likeness (QED) is 0.398. The van der Waals surface area contributed by atoms with E-state index in [4.69, 9.17) is 4.74 Å². The summed E-state index contributed by atoms with van der Waals surface area (Å²) in [5.74, 6) is -0.0208. The molecule has 3 heteroatoms. The van der Waals surface area contributed by atoms with Crippen molar-refractivity contribution in [1.29, 1.82) is 0 Å². The van der Waals surface area contributed by atoms with Gasteiger partial charge in [0.1, 0.15) is 5.60 Å². The molecule has 2 heterocycles. The fourth-order valence-electron chi connectivity index (χ4n) is 1.99. The fraction of sp³-hybridized carbons (Fsp3) is 0.778. The lowest BCUT2D eigenvalue weighted by Gasteiger charge is -2.40. The van der Waals surface area contributed by atoms with Gasteiger partial charge in [0, 0.05) is 6.42 Å². The molecule has 2 saturated heterocycles. The monoisotopic (exact) mass is 168 g/mol. The highest BCUT2D eigenvalue weighted by Crippen LogP contribution is 2.35. The largest absolute Gasteiger partial charge is 0.459 e. The standard InChI is InChI=1S/C9H14NO2/c1-10-6-4-9(5-7-10)3-2-8(11)12-9/h1-7H2/q-1. The number of likely N-dealkylation sites (tertiary alicyclic amines) is 1. The molecule has 0 atom stereocenters. The van der Waals surface area contributed by atoms with E-state index in [2.05, 4.69) is 7.05 Å². The zero-order chi connectivity index (χ0) is 8.60. The van der Waals surface area contributed by atoms with Crippen LogP contribution in [0.1, 0.15) is 25.7 Å². The Morgan fingerprint density at radius 1 is 1.33 bits per heavy atom. The van der Waals surface area contributed by atoms with Gasteiger partial charge < -0.3 is 9.64 Å². The summed E-state index contributed by atoms with van der Waals surface area (Å²) in [6.07, 6.45) is 3.45. The molecule has 2 aliphatic rings. The lowest BCUT2D eigenvalue weighted by molar-refractivity contribution is -0.151. The molecule has 68 valence electrons. The summed E-state index contributed by atoms with van der Waals surface area (Å²) in [4.78, 5) is 13.0. The van der Waals surface area contributed by atoms with Gasteiger partial charge in [-0.3, -0.25) is 11.8 Å². The lowest BCUT2D eigenvalue weighted by Crippen LogP contribution is -2.41. The molecule has 0 N–H and O–H groups in total. The lowest BCUT2D eigenvalue weighted by atomic mass is 9.89. The van der Waals surface area contributed by atoms with Crippen molar-refractivity contribution in [2.24, 2.45) is 0 Å². The topological polar surface area (TPSA) is 29.5 Å². The van der Waals surface area contributed by atoms with Crippen LogP contribution in [0.2, 0.25) is 0 Å². The molecule has 0 bridgehead atoms. The van der Waals surface area contributed by atoms with Crippen LogP contribution < -0.4 is 0 Å². The Morgan fingerprint density at radius 2 is 2.00 bits per heavy atom. The normalized spacial score (nSPS) is 29.2. The second kappa shape index (κ2) is 2.73. The predicted octanol–water partition coefficient (Wildman–Crippen LogP) is 0.950. The van der Waals surface area contributed by atoms with Gasteiger partial charge in [0.15, 0.2) is 0 Å². The molecule has 0 amide bonds. The number of esters is 1. The summed E-state index contributed by atoms with van der Waals surface area (Å²) >= 11 is 0. The van der Waals surface area contributed by atoms with Gasteiger partial charge in [-0.05, 0) is 32.4 Å². The van der Waals surface area contributed by atoms with Crippen molar-refractivity contribution in [3.8, 4) is 0 Å². The van der Waals surface area contributed by atoms with E-state index in [0.29, 0.717) is 6.42 Å². The molecule has 0 aromatic carbocycles. The van der Waals surface area contributed by atoms with Gasteiger partial charge >= 0.3 is 5.97 Å². The van der Waals surface area contributed by atoms with Crippen molar-refractivity contribution in [2.45, 2.75) is 31.3 Å². The third-order valence-electron chi connectivity index (χ3n) is 2.88. The number of carbonyl (C=O) groups is 1. The van der Waals surface area contributed by atoms with E-state index in [-0.39, 0.29) is 11.6 Å². The summed E-state index contributed by atoms with van der Waals surface area (Å²) < 4.78 is 5.34. The van der Waals surface area contributed by atoms with Crippen LogP contribution in [0.25, 0.3) is 0 Å². The van der Waals surface area contributed by atoms with Crippen LogP contribution in [0.3, 0.4) is 0 Å². The van der Waals surface area contributed by atoms with Gasteiger partial charge in [-0.15, -0.1) is 0 Å². The molecular formula is C9H14NO2-. The van der Waals surface area contributed by atoms with Gasteiger partial charge in [-0.1, -0.05) is 0 Å². The average Bonchev–Trinajstić information content (AvgIpc) is 2.40. The van der Waals surface area contributed by atoms with Crippen molar-refractivity contribution in [1.82, 2.24) is 4.90 Å². The molecule has 0 saturated carbocycles. The third-order valence-corrected chi connectivity index (χ3v) is 2.88. The minimum atomic E-state index is -0.106. The third kappa shape index (κ3) is 1.33. The summed E-state index contributed by atoms with van der Waals surface area (Å²) in [6, 6.07) is 0. The highest BCUT2D eigenvalue weighted by Gasteiger charge is 2.41. The molecule has 0 aromatic rings. The molecule has 0 radical (unpaired) electrons. The number of rotatable bonds is 0. The Labute approximate surface area is 72.7 Å². The molecule has 0 aliphatic carbocycles. The number of nitrogens with zero attached hydrogens (tertiary/aromatic N) is 1. The highest BCUT2D eigenvalue weighted by molar-refractivity contribution is 5.72. The molecule has 1 spiro atoms. The minimum Gasteiger partial charge on any atom is -0.459 e. The number of piperidine rings is 1. The number of hydrogen-bond acceptors (Lipinski definition) is 3. The van der Waals surface area contributed by atoms with Crippen molar-refractivity contribution in [2.75, 3.05) is 13.1 Å².